The van der Waals surface area contributed by atoms with E-state index in [4.69, 9.17) is 15.2 Å². The Balaban J connectivity index is 2.32. The molecule has 1 fully saturated rings. The minimum absolute atomic E-state index is 0.0135. The van der Waals surface area contributed by atoms with Gasteiger partial charge in [-0.3, -0.25) is 4.79 Å². The highest BCUT2D eigenvalue weighted by atomic mass is 16.5. The number of hydrogen-bond acceptors (Lipinski definition) is 4. The van der Waals surface area contributed by atoms with Gasteiger partial charge in [0.05, 0.1) is 26.8 Å². The number of methoxy groups -OCH3 is 2. The van der Waals surface area contributed by atoms with Crippen molar-refractivity contribution in [2.75, 3.05) is 27.3 Å². The largest absolute Gasteiger partial charge is 0.497 e. The van der Waals surface area contributed by atoms with Crippen LogP contribution >= 0.6 is 0 Å². The third-order valence-electron chi connectivity index (χ3n) is 3.55. The second-order valence-electron chi connectivity index (χ2n) is 4.56. The Morgan fingerprint density at radius 2 is 2.21 bits per heavy atom. The first-order chi connectivity index (χ1) is 9.21. The normalized spacial score (nSPS) is 18.5. The molecule has 2 rings (SSSR count). The van der Waals surface area contributed by atoms with E-state index in [1.807, 2.05) is 23.1 Å². The predicted octanol–water partition coefficient (Wildman–Crippen LogP) is 1.33. The van der Waals surface area contributed by atoms with Crippen molar-refractivity contribution in [1.29, 1.82) is 0 Å². The smallest absolute Gasteiger partial charge is 0.236 e. The van der Waals surface area contributed by atoms with Gasteiger partial charge in [-0.05, 0) is 25.0 Å². The molecule has 1 aliphatic rings. The average molecular weight is 264 g/mol. The zero-order valence-corrected chi connectivity index (χ0v) is 11.4. The maximum Gasteiger partial charge on any atom is 0.236 e. The lowest BCUT2D eigenvalue weighted by atomic mass is 10.0. The molecular formula is C14H20N2O3. The molecule has 1 heterocycles. The van der Waals surface area contributed by atoms with Gasteiger partial charge in [0.2, 0.25) is 5.91 Å². The standard InChI is InChI=1S/C14H20N2O3/c1-18-10-5-6-11(13(8-10)19-2)12-4-3-7-16(12)14(17)9-15/h5-6,8,12H,3-4,7,9,15H2,1-2H3. The van der Waals surface area contributed by atoms with Gasteiger partial charge in [0.25, 0.3) is 0 Å². The summed E-state index contributed by atoms with van der Waals surface area (Å²) in [6, 6.07) is 5.75. The summed E-state index contributed by atoms with van der Waals surface area (Å²) in [6.45, 7) is 0.810. The predicted molar refractivity (Wildman–Crippen MR) is 72.3 cm³/mol. The lowest BCUT2D eigenvalue weighted by Gasteiger charge is -2.26. The molecular weight excluding hydrogens is 244 g/mol. The van der Waals surface area contributed by atoms with Crippen LogP contribution < -0.4 is 15.2 Å². The highest BCUT2D eigenvalue weighted by Crippen LogP contribution is 2.38. The zero-order valence-electron chi connectivity index (χ0n) is 11.4. The van der Waals surface area contributed by atoms with Crippen molar-refractivity contribution in [3.05, 3.63) is 23.8 Å². The van der Waals surface area contributed by atoms with E-state index >= 15 is 0 Å². The van der Waals surface area contributed by atoms with Crippen LogP contribution in [0.25, 0.3) is 0 Å². The van der Waals surface area contributed by atoms with Crippen LogP contribution in [0.15, 0.2) is 18.2 Å². The number of likely N-dealkylation sites (tertiary alicyclic amines) is 1. The molecule has 1 saturated heterocycles. The second kappa shape index (κ2) is 5.93. The summed E-state index contributed by atoms with van der Waals surface area (Å²) in [4.78, 5) is 13.7. The number of ether oxygens (including phenoxy) is 2. The molecule has 19 heavy (non-hydrogen) atoms. The van der Waals surface area contributed by atoms with Crippen LogP contribution in [-0.2, 0) is 4.79 Å². The van der Waals surface area contributed by atoms with Crippen molar-refractivity contribution in [3.63, 3.8) is 0 Å². The van der Waals surface area contributed by atoms with Gasteiger partial charge in [0.15, 0.2) is 0 Å². The van der Waals surface area contributed by atoms with Crippen LogP contribution in [0.5, 0.6) is 11.5 Å². The first kappa shape index (κ1) is 13.7. The topological polar surface area (TPSA) is 64.8 Å². The maximum absolute atomic E-state index is 11.9. The van der Waals surface area contributed by atoms with Crippen LogP contribution in [0, 0.1) is 0 Å². The minimum atomic E-state index is -0.0135. The first-order valence-corrected chi connectivity index (χ1v) is 6.42. The quantitative estimate of drug-likeness (QED) is 0.891. The number of benzene rings is 1. The van der Waals surface area contributed by atoms with Crippen LogP contribution in [0.2, 0.25) is 0 Å². The van der Waals surface area contributed by atoms with Crippen LogP contribution in [0.4, 0.5) is 0 Å². The summed E-state index contributed by atoms with van der Waals surface area (Å²) < 4.78 is 10.6. The molecule has 0 aromatic heterocycles. The van der Waals surface area contributed by atoms with E-state index in [1.165, 1.54) is 0 Å². The lowest BCUT2D eigenvalue weighted by Crippen LogP contribution is -2.35. The summed E-state index contributed by atoms with van der Waals surface area (Å²) in [7, 11) is 3.25. The highest BCUT2D eigenvalue weighted by molar-refractivity contribution is 5.79. The molecule has 104 valence electrons. The van der Waals surface area contributed by atoms with E-state index in [2.05, 4.69) is 0 Å². The van der Waals surface area contributed by atoms with Crippen LogP contribution in [0.3, 0.4) is 0 Å². The third-order valence-corrected chi connectivity index (χ3v) is 3.55. The fourth-order valence-corrected chi connectivity index (χ4v) is 2.60. The molecule has 0 radical (unpaired) electrons. The molecule has 1 unspecified atom stereocenters. The Bertz CT molecular complexity index is 462. The van der Waals surface area contributed by atoms with E-state index in [0.29, 0.717) is 0 Å². The van der Waals surface area contributed by atoms with Gasteiger partial charge >= 0.3 is 0 Å². The summed E-state index contributed by atoms with van der Waals surface area (Å²) >= 11 is 0. The van der Waals surface area contributed by atoms with Gasteiger partial charge in [0, 0.05) is 18.2 Å². The number of hydrogen-bond donors (Lipinski definition) is 1. The fourth-order valence-electron chi connectivity index (χ4n) is 2.60. The average Bonchev–Trinajstić information content (AvgIpc) is 2.94. The summed E-state index contributed by atoms with van der Waals surface area (Å²) in [5.41, 5.74) is 6.48. The SMILES string of the molecule is COc1ccc(C2CCCN2C(=O)CN)c(OC)c1. The van der Waals surface area contributed by atoms with Crippen molar-refractivity contribution < 1.29 is 14.3 Å². The molecule has 5 nitrogen and oxygen atoms in total. The lowest BCUT2D eigenvalue weighted by molar-refractivity contribution is -0.130. The molecule has 1 aliphatic heterocycles. The van der Waals surface area contributed by atoms with Gasteiger partial charge in [-0.25, -0.2) is 0 Å². The Labute approximate surface area is 113 Å². The molecule has 0 saturated carbocycles. The number of amides is 1. The Morgan fingerprint density at radius 1 is 1.42 bits per heavy atom. The van der Waals surface area contributed by atoms with Gasteiger partial charge in [-0.1, -0.05) is 0 Å². The van der Waals surface area contributed by atoms with Gasteiger partial charge in [0.1, 0.15) is 11.5 Å². The molecule has 1 aromatic carbocycles. The van der Waals surface area contributed by atoms with Crippen molar-refractivity contribution >= 4 is 5.91 Å². The number of nitrogens with zero attached hydrogens (tertiary/aromatic N) is 1. The molecule has 5 heteroatoms. The fraction of sp³-hybridized carbons (Fsp3) is 0.500. The summed E-state index contributed by atoms with van der Waals surface area (Å²) in [5, 5.41) is 0. The van der Waals surface area contributed by atoms with Crippen molar-refractivity contribution in [3.8, 4) is 11.5 Å². The second-order valence-corrected chi connectivity index (χ2v) is 4.56. The molecule has 0 bridgehead atoms. The molecule has 1 amide bonds. The molecule has 0 spiro atoms. The number of carbonyl (C=O) groups is 1. The van der Waals surface area contributed by atoms with Crippen molar-refractivity contribution in [1.82, 2.24) is 4.90 Å². The van der Waals surface area contributed by atoms with Crippen molar-refractivity contribution in [2.24, 2.45) is 5.73 Å². The monoisotopic (exact) mass is 264 g/mol. The van der Waals surface area contributed by atoms with Crippen LogP contribution in [0.1, 0.15) is 24.4 Å². The third kappa shape index (κ3) is 2.66. The summed E-state index contributed by atoms with van der Waals surface area (Å²) in [5.74, 6) is 1.48. The van der Waals surface area contributed by atoms with Crippen molar-refractivity contribution in [2.45, 2.75) is 18.9 Å². The number of rotatable bonds is 4. The maximum atomic E-state index is 11.9. The summed E-state index contributed by atoms with van der Waals surface area (Å²) in [6.07, 6.45) is 1.93. The Kier molecular flexibility index (Phi) is 4.27. The van der Waals surface area contributed by atoms with Gasteiger partial charge in [-0.15, -0.1) is 0 Å². The van der Waals surface area contributed by atoms with E-state index in [0.717, 1.165) is 36.4 Å². The van der Waals surface area contributed by atoms with E-state index < -0.39 is 0 Å². The van der Waals surface area contributed by atoms with Gasteiger partial charge in [-0.2, -0.15) is 0 Å². The molecule has 2 N–H and O–H groups in total. The van der Waals surface area contributed by atoms with Crippen LogP contribution in [-0.4, -0.2) is 38.1 Å². The van der Waals surface area contributed by atoms with Gasteiger partial charge < -0.3 is 20.1 Å². The Hall–Kier alpha value is -1.75. The Morgan fingerprint density at radius 3 is 2.84 bits per heavy atom. The molecule has 0 aliphatic carbocycles. The minimum Gasteiger partial charge on any atom is -0.497 e. The van der Waals surface area contributed by atoms with E-state index in [-0.39, 0.29) is 18.5 Å². The van der Waals surface area contributed by atoms with E-state index in [9.17, 15) is 4.79 Å². The first-order valence-electron chi connectivity index (χ1n) is 6.42. The van der Waals surface area contributed by atoms with E-state index in [1.54, 1.807) is 14.2 Å². The molecule has 1 atom stereocenters. The number of carbonyl (C=O) groups excluding carboxylic acids is 1. The molecule has 1 aromatic rings. The highest BCUT2D eigenvalue weighted by Gasteiger charge is 2.31. The number of nitrogens with two attached hydrogens (primary N) is 1. The zero-order chi connectivity index (χ0) is 13.8.